The lowest BCUT2D eigenvalue weighted by Crippen LogP contribution is -2.48. The van der Waals surface area contributed by atoms with E-state index in [0.717, 1.165) is 23.1 Å². The lowest BCUT2D eigenvalue weighted by atomic mass is 10.0. The van der Waals surface area contributed by atoms with Gasteiger partial charge in [0.2, 0.25) is 19.2 Å². The van der Waals surface area contributed by atoms with Crippen molar-refractivity contribution in [3.63, 3.8) is 0 Å². The summed E-state index contributed by atoms with van der Waals surface area (Å²) in [5.41, 5.74) is 2.38. The number of nitrogens with one attached hydrogen (secondary N) is 3. The van der Waals surface area contributed by atoms with Gasteiger partial charge in [-0.2, -0.15) is 0 Å². The number of benzene rings is 3. The van der Waals surface area contributed by atoms with Gasteiger partial charge in [-0.15, -0.1) is 0 Å². The van der Waals surface area contributed by atoms with Crippen LogP contribution in [-0.2, 0) is 52.8 Å². The Balaban J connectivity index is 1.62. The second kappa shape index (κ2) is 22.2. The van der Waals surface area contributed by atoms with Gasteiger partial charge in [0, 0.05) is 12.6 Å². The predicted octanol–water partition coefficient (Wildman–Crippen LogP) is 6.87. The average molecular weight is 720 g/mol. The maximum absolute atomic E-state index is 13.8. The van der Waals surface area contributed by atoms with Crippen molar-refractivity contribution in [2.75, 3.05) is 12.4 Å². The van der Waals surface area contributed by atoms with E-state index in [4.69, 9.17) is 14.0 Å². The smallest absolute Gasteiger partial charge is 0.408 e. The van der Waals surface area contributed by atoms with Crippen molar-refractivity contribution in [1.82, 2.24) is 16.0 Å². The third kappa shape index (κ3) is 16.2. The van der Waals surface area contributed by atoms with Gasteiger partial charge in [0.25, 0.3) is 0 Å². The molecule has 51 heavy (non-hydrogen) atoms. The fraction of sp³-hybridized carbons (Fsp3) is 0.385. The Morgan fingerprint density at radius 2 is 1.27 bits per heavy atom. The summed E-state index contributed by atoms with van der Waals surface area (Å²) in [7, 11) is -3.32. The van der Waals surface area contributed by atoms with Gasteiger partial charge >= 0.3 is 12.1 Å². The van der Waals surface area contributed by atoms with Crippen LogP contribution in [0.4, 0.5) is 4.79 Å². The Kier molecular flexibility index (Phi) is 17.7. The quantitative estimate of drug-likeness (QED) is 0.0614. The predicted molar refractivity (Wildman–Crippen MR) is 197 cm³/mol. The van der Waals surface area contributed by atoms with Gasteiger partial charge in [-0.05, 0) is 41.9 Å². The van der Waals surface area contributed by atoms with Crippen LogP contribution < -0.4 is 16.0 Å². The van der Waals surface area contributed by atoms with E-state index in [9.17, 15) is 23.7 Å². The van der Waals surface area contributed by atoms with Gasteiger partial charge in [0.15, 0.2) is 0 Å². The Bertz CT molecular complexity index is 1590. The molecule has 0 bridgehead atoms. The second-order valence-corrected chi connectivity index (χ2v) is 15.0. The number of hydrogen-bond acceptors (Lipinski definition) is 8. The number of esters is 1. The maximum atomic E-state index is 13.8. The molecule has 0 saturated carbocycles. The summed E-state index contributed by atoms with van der Waals surface area (Å²) in [5.74, 6) is -1.70. The Labute approximate surface area is 301 Å². The summed E-state index contributed by atoms with van der Waals surface area (Å²) in [4.78, 5) is 52.4. The summed E-state index contributed by atoms with van der Waals surface area (Å²) in [5, 5.41) is 8.02. The number of ether oxygens (including phenoxy) is 2. The summed E-state index contributed by atoms with van der Waals surface area (Å²) in [6.07, 6.45) is 3.56. The van der Waals surface area contributed by atoms with Crippen LogP contribution in [0, 0.1) is 5.92 Å². The van der Waals surface area contributed by atoms with E-state index in [1.165, 1.54) is 0 Å². The Hall–Kier alpha value is -4.73. The molecule has 274 valence electrons. The van der Waals surface area contributed by atoms with Crippen molar-refractivity contribution >= 4 is 31.2 Å². The zero-order chi connectivity index (χ0) is 36.9. The molecule has 0 radical (unpaired) electrons. The van der Waals surface area contributed by atoms with E-state index in [0.29, 0.717) is 6.42 Å². The van der Waals surface area contributed by atoms with Gasteiger partial charge in [0.05, 0.1) is 12.9 Å². The lowest BCUT2D eigenvalue weighted by molar-refractivity contribution is -0.147. The summed E-state index contributed by atoms with van der Waals surface area (Å²) in [6.45, 7) is 5.90. The molecule has 0 saturated heterocycles. The Morgan fingerprint density at radius 1 is 0.725 bits per heavy atom. The zero-order valence-electron chi connectivity index (χ0n) is 29.6. The first-order chi connectivity index (χ1) is 24.6. The minimum atomic E-state index is -3.32. The fourth-order valence-electron chi connectivity index (χ4n) is 4.88. The normalized spacial score (nSPS) is 13.5. The fourth-order valence-corrected chi connectivity index (χ4v) is 6.46. The first kappa shape index (κ1) is 40.7. The molecular weight excluding hydrogens is 669 g/mol. The molecule has 3 aromatic rings. The van der Waals surface area contributed by atoms with Crippen LogP contribution in [0.2, 0.25) is 0 Å². The zero-order valence-corrected chi connectivity index (χ0v) is 30.5. The number of amides is 3. The second-order valence-electron chi connectivity index (χ2n) is 12.5. The highest BCUT2D eigenvalue weighted by atomic mass is 31.2. The van der Waals surface area contributed by atoms with Crippen molar-refractivity contribution in [2.24, 2.45) is 5.92 Å². The van der Waals surface area contributed by atoms with Crippen LogP contribution in [0.3, 0.4) is 0 Å². The Morgan fingerprint density at radius 3 is 1.82 bits per heavy atom. The first-order valence-corrected chi connectivity index (χ1v) is 19.2. The van der Waals surface area contributed by atoms with E-state index >= 15 is 0 Å². The van der Waals surface area contributed by atoms with E-state index < -0.39 is 43.3 Å². The van der Waals surface area contributed by atoms with Crippen molar-refractivity contribution < 1.29 is 37.7 Å². The van der Waals surface area contributed by atoms with Crippen molar-refractivity contribution in [2.45, 2.75) is 78.4 Å². The molecule has 0 aliphatic carbocycles. The average Bonchev–Trinajstić information content (AvgIpc) is 3.14. The van der Waals surface area contributed by atoms with Gasteiger partial charge in [-0.25, -0.2) is 9.59 Å². The van der Waals surface area contributed by atoms with Crippen LogP contribution in [0.5, 0.6) is 0 Å². The molecule has 11 nitrogen and oxygen atoms in total. The van der Waals surface area contributed by atoms with E-state index in [1.54, 1.807) is 30.3 Å². The van der Waals surface area contributed by atoms with Gasteiger partial charge in [-0.1, -0.05) is 124 Å². The molecule has 3 aromatic carbocycles. The number of hydrogen-bond donors (Lipinski definition) is 3. The highest BCUT2D eigenvalue weighted by molar-refractivity contribution is 7.59. The minimum Gasteiger partial charge on any atom is -0.459 e. The monoisotopic (exact) mass is 719 g/mol. The van der Waals surface area contributed by atoms with E-state index in [-0.39, 0.29) is 51.0 Å². The first-order valence-electron chi connectivity index (χ1n) is 17.2. The van der Waals surface area contributed by atoms with Crippen LogP contribution in [0.25, 0.3) is 0 Å². The summed E-state index contributed by atoms with van der Waals surface area (Å²) in [6, 6.07) is 25.4. The lowest BCUT2D eigenvalue weighted by Gasteiger charge is -2.23. The van der Waals surface area contributed by atoms with E-state index in [2.05, 4.69) is 16.0 Å². The third-order valence-corrected chi connectivity index (χ3v) is 9.63. The summed E-state index contributed by atoms with van der Waals surface area (Å²) >= 11 is 0. The number of alkyl carbamates (subject to hydrolysis) is 1. The van der Waals surface area contributed by atoms with Gasteiger partial charge < -0.3 is 29.9 Å². The number of rotatable bonds is 21. The highest BCUT2D eigenvalue weighted by Gasteiger charge is 2.29. The number of carbonyl (C=O) groups is 4. The molecule has 0 aromatic heterocycles. The van der Waals surface area contributed by atoms with Crippen LogP contribution in [0.1, 0.15) is 63.1 Å². The third-order valence-electron chi connectivity index (χ3n) is 7.62. The topological polar surface area (TPSA) is 149 Å². The molecule has 3 N–H and O–H groups in total. The molecular formula is C39H50N3O8P. The summed E-state index contributed by atoms with van der Waals surface area (Å²) < 4.78 is 30.4. The molecule has 3 atom stereocenters. The SMILES string of the molecule is CC/C=C/CP(=O)(CNC(=O)[C@H](CC(C)C)NC(=O)CC[C@H](NC(=O)OCc1ccccc1)C(=O)OCc1ccccc1)OCc1ccccc1. The molecule has 12 heteroatoms. The highest BCUT2D eigenvalue weighted by Crippen LogP contribution is 2.46. The molecule has 0 aliphatic heterocycles. The van der Waals surface area contributed by atoms with Crippen molar-refractivity contribution in [3.8, 4) is 0 Å². The van der Waals surface area contributed by atoms with Crippen LogP contribution >= 0.6 is 7.37 Å². The molecule has 0 heterocycles. The van der Waals surface area contributed by atoms with Gasteiger partial charge in [0.1, 0.15) is 25.3 Å². The van der Waals surface area contributed by atoms with Crippen molar-refractivity contribution in [1.29, 1.82) is 0 Å². The standard InChI is InChI=1S/C39H50N3O8P/c1-4-5-15-24-51(47,50-28-33-20-13-8-14-21-33)29-40-37(44)35(25-30(2)3)41-36(43)23-22-34(38(45)48-26-31-16-9-6-10-17-31)42-39(46)49-27-32-18-11-7-12-19-32/h5-21,30,34-35H,4,22-29H2,1-3H3,(H,40,44)(H,41,43)(H,42,46)/b15-5+/t34-,35-,51?/m0/s1. The van der Waals surface area contributed by atoms with Gasteiger partial charge in [-0.3, -0.25) is 14.2 Å². The molecule has 3 rings (SSSR count). The largest absolute Gasteiger partial charge is 0.459 e. The molecule has 1 unspecified atom stereocenters. The van der Waals surface area contributed by atoms with Crippen LogP contribution in [-0.4, -0.2) is 48.4 Å². The minimum absolute atomic E-state index is 0.00987. The molecule has 3 amide bonds. The van der Waals surface area contributed by atoms with Crippen LogP contribution in [0.15, 0.2) is 103 Å². The molecule has 0 spiro atoms. The number of allylic oxidation sites excluding steroid dienone is 2. The van der Waals surface area contributed by atoms with E-state index in [1.807, 2.05) is 93.6 Å². The van der Waals surface area contributed by atoms with Crippen molar-refractivity contribution in [3.05, 3.63) is 120 Å². The molecule has 0 aliphatic rings. The number of carbonyl (C=O) groups excluding carboxylic acids is 4. The molecule has 0 fully saturated rings. The maximum Gasteiger partial charge on any atom is 0.408 e.